The van der Waals surface area contributed by atoms with Crippen LogP contribution in [0.2, 0.25) is 0 Å². The van der Waals surface area contributed by atoms with Gasteiger partial charge in [0, 0.05) is 12.1 Å². The molecule has 0 fully saturated rings. The van der Waals surface area contributed by atoms with Crippen LogP contribution >= 0.6 is 0 Å². The lowest BCUT2D eigenvalue weighted by molar-refractivity contribution is 0.0952. The van der Waals surface area contributed by atoms with Gasteiger partial charge in [-0.15, -0.1) is 0 Å². The normalized spacial score (nSPS) is 11.4. The first-order valence-corrected chi connectivity index (χ1v) is 10.3. The second-order valence-corrected chi connectivity index (χ2v) is 8.26. The Balaban J connectivity index is 2.10. The molecule has 1 amide bonds. The van der Waals surface area contributed by atoms with Crippen LogP contribution in [0.1, 0.15) is 43.1 Å². The van der Waals surface area contributed by atoms with Crippen LogP contribution in [0.4, 0.5) is 5.69 Å². The van der Waals surface area contributed by atoms with Crippen molar-refractivity contribution in [2.75, 3.05) is 11.3 Å². The van der Waals surface area contributed by atoms with Crippen molar-refractivity contribution in [3.8, 4) is 0 Å². The Kier molecular flexibility index (Phi) is 6.80. The van der Waals surface area contributed by atoms with Gasteiger partial charge in [0.15, 0.2) is 0 Å². The summed E-state index contributed by atoms with van der Waals surface area (Å²) < 4.78 is 27.8. The summed E-state index contributed by atoms with van der Waals surface area (Å²) >= 11 is 0. The molecule has 0 radical (unpaired) electrons. The smallest absolute Gasteiger partial charge is 0.261 e. The summed E-state index contributed by atoms with van der Waals surface area (Å²) in [6.45, 7) is 6.76. The fraction of sp³-hybridized carbons (Fsp3) is 0.350. The first kappa shape index (κ1) is 20.0. The van der Waals surface area contributed by atoms with E-state index in [1.807, 2.05) is 19.1 Å². The number of benzene rings is 2. The molecule has 2 aromatic rings. The lowest BCUT2D eigenvalue weighted by Crippen LogP contribution is -2.25. The van der Waals surface area contributed by atoms with E-state index in [9.17, 15) is 13.2 Å². The highest BCUT2D eigenvalue weighted by atomic mass is 32.2. The van der Waals surface area contributed by atoms with Crippen LogP contribution in [-0.2, 0) is 16.4 Å². The Morgan fingerprint density at radius 1 is 1.04 bits per heavy atom. The van der Waals surface area contributed by atoms with Crippen molar-refractivity contribution < 1.29 is 13.2 Å². The molecule has 2 rings (SSSR count). The van der Waals surface area contributed by atoms with E-state index >= 15 is 0 Å². The Hall–Kier alpha value is -2.34. The van der Waals surface area contributed by atoms with Gasteiger partial charge in [-0.25, -0.2) is 8.42 Å². The van der Waals surface area contributed by atoms with Crippen LogP contribution < -0.4 is 10.0 Å². The van der Waals surface area contributed by atoms with Crippen molar-refractivity contribution >= 4 is 21.6 Å². The van der Waals surface area contributed by atoms with Crippen molar-refractivity contribution in [3.05, 3.63) is 59.7 Å². The van der Waals surface area contributed by atoms with Crippen molar-refractivity contribution in [2.45, 2.75) is 38.5 Å². The zero-order valence-corrected chi connectivity index (χ0v) is 16.3. The second-order valence-electron chi connectivity index (χ2n) is 6.58. The average molecular weight is 375 g/mol. The first-order valence-electron chi connectivity index (χ1n) is 8.82. The summed E-state index contributed by atoms with van der Waals surface area (Å²) in [5.41, 5.74) is 1.95. The molecule has 0 aliphatic carbocycles. The van der Waals surface area contributed by atoms with Crippen molar-refractivity contribution in [3.63, 3.8) is 0 Å². The van der Waals surface area contributed by atoms with Crippen molar-refractivity contribution in [1.29, 1.82) is 0 Å². The van der Waals surface area contributed by atoms with Crippen LogP contribution in [-0.4, -0.2) is 20.9 Å². The van der Waals surface area contributed by atoms with E-state index in [4.69, 9.17) is 0 Å². The molecule has 2 aromatic carbocycles. The van der Waals surface area contributed by atoms with E-state index in [-0.39, 0.29) is 10.8 Å². The monoisotopic (exact) mass is 374 g/mol. The van der Waals surface area contributed by atoms with E-state index < -0.39 is 10.0 Å². The summed E-state index contributed by atoms with van der Waals surface area (Å²) in [5.74, 6) is 0.318. The summed E-state index contributed by atoms with van der Waals surface area (Å²) in [7, 11) is -3.70. The molecule has 6 heteroatoms. The van der Waals surface area contributed by atoms with Crippen LogP contribution in [0, 0.1) is 5.92 Å². The standard InChI is InChI=1S/C20H26N2O3S/c1-4-16-7-5-6-8-19(16)22-26(24,25)18-11-9-17(10-12-18)20(23)21-14-13-15(2)3/h5-12,15,22H,4,13-14H2,1-3H3,(H,21,23). The number of hydrogen-bond donors (Lipinski definition) is 2. The quantitative estimate of drug-likeness (QED) is 0.737. The molecule has 0 bridgehead atoms. The third-order valence-corrected chi connectivity index (χ3v) is 5.46. The number of hydrogen-bond acceptors (Lipinski definition) is 3. The highest BCUT2D eigenvalue weighted by Crippen LogP contribution is 2.20. The predicted molar refractivity (Wildman–Crippen MR) is 105 cm³/mol. The van der Waals surface area contributed by atoms with E-state index in [0.717, 1.165) is 18.4 Å². The van der Waals surface area contributed by atoms with E-state index in [1.54, 1.807) is 12.1 Å². The highest BCUT2D eigenvalue weighted by molar-refractivity contribution is 7.92. The topological polar surface area (TPSA) is 75.3 Å². The molecule has 5 nitrogen and oxygen atoms in total. The lowest BCUT2D eigenvalue weighted by Gasteiger charge is -2.12. The molecule has 0 atom stereocenters. The van der Waals surface area contributed by atoms with Crippen molar-refractivity contribution in [2.24, 2.45) is 5.92 Å². The van der Waals surface area contributed by atoms with Gasteiger partial charge in [-0.2, -0.15) is 0 Å². The summed E-state index contributed by atoms with van der Waals surface area (Å²) in [5, 5.41) is 2.84. The van der Waals surface area contributed by atoms with Gasteiger partial charge in [0.05, 0.1) is 10.6 Å². The van der Waals surface area contributed by atoms with Gasteiger partial charge < -0.3 is 5.32 Å². The summed E-state index contributed by atoms with van der Waals surface area (Å²) in [6, 6.07) is 13.3. The zero-order valence-electron chi connectivity index (χ0n) is 15.5. The van der Waals surface area contributed by atoms with Crippen molar-refractivity contribution in [1.82, 2.24) is 5.32 Å². The second kappa shape index (κ2) is 8.85. The maximum Gasteiger partial charge on any atom is 0.261 e. The molecule has 0 unspecified atom stereocenters. The summed E-state index contributed by atoms with van der Waals surface area (Å²) in [6.07, 6.45) is 1.63. The maximum absolute atomic E-state index is 12.6. The van der Waals surface area contributed by atoms with Gasteiger partial charge in [0.2, 0.25) is 0 Å². The van der Waals surface area contributed by atoms with E-state index in [2.05, 4.69) is 23.9 Å². The number of para-hydroxylation sites is 1. The molecule has 0 aliphatic heterocycles. The van der Waals surface area contributed by atoms with E-state index in [0.29, 0.717) is 23.7 Å². The number of rotatable bonds is 8. The largest absolute Gasteiger partial charge is 0.352 e. The Labute approximate surface area is 155 Å². The molecule has 0 saturated heterocycles. The molecule has 140 valence electrons. The van der Waals surface area contributed by atoms with Gasteiger partial charge in [-0.05, 0) is 54.7 Å². The van der Waals surface area contributed by atoms with Gasteiger partial charge >= 0.3 is 0 Å². The van der Waals surface area contributed by atoms with Crippen LogP contribution in [0.15, 0.2) is 53.4 Å². The Morgan fingerprint density at radius 3 is 2.31 bits per heavy atom. The first-order chi connectivity index (χ1) is 12.3. The SMILES string of the molecule is CCc1ccccc1NS(=O)(=O)c1ccc(C(=O)NCCC(C)C)cc1. The number of aryl methyl sites for hydroxylation is 1. The van der Waals surface area contributed by atoms with Gasteiger partial charge in [-0.1, -0.05) is 39.0 Å². The summed E-state index contributed by atoms with van der Waals surface area (Å²) in [4.78, 5) is 12.2. The average Bonchev–Trinajstić information content (AvgIpc) is 2.61. The zero-order chi connectivity index (χ0) is 19.2. The number of anilines is 1. The minimum atomic E-state index is -3.70. The van der Waals surface area contributed by atoms with Gasteiger partial charge in [0.25, 0.3) is 15.9 Å². The van der Waals surface area contributed by atoms with Crippen LogP contribution in [0.5, 0.6) is 0 Å². The molecule has 0 heterocycles. The minimum absolute atomic E-state index is 0.127. The molecular weight excluding hydrogens is 348 g/mol. The number of sulfonamides is 1. The third kappa shape index (κ3) is 5.33. The predicted octanol–water partition coefficient (Wildman–Crippen LogP) is 3.83. The van der Waals surface area contributed by atoms with Gasteiger partial charge in [-0.3, -0.25) is 9.52 Å². The fourth-order valence-corrected chi connectivity index (χ4v) is 3.59. The number of amides is 1. The molecule has 26 heavy (non-hydrogen) atoms. The number of carbonyl (C=O) groups excluding carboxylic acids is 1. The van der Waals surface area contributed by atoms with Crippen LogP contribution in [0.3, 0.4) is 0 Å². The maximum atomic E-state index is 12.6. The Bertz CT molecular complexity index is 844. The fourth-order valence-electron chi connectivity index (χ4n) is 2.49. The molecule has 2 N–H and O–H groups in total. The van der Waals surface area contributed by atoms with E-state index in [1.165, 1.54) is 24.3 Å². The minimum Gasteiger partial charge on any atom is -0.352 e. The number of carbonyl (C=O) groups is 1. The highest BCUT2D eigenvalue weighted by Gasteiger charge is 2.16. The van der Waals surface area contributed by atoms with Gasteiger partial charge in [0.1, 0.15) is 0 Å². The molecule has 0 saturated carbocycles. The molecular formula is C20H26N2O3S. The molecule has 0 aliphatic rings. The Morgan fingerprint density at radius 2 is 1.69 bits per heavy atom. The third-order valence-electron chi connectivity index (χ3n) is 4.08. The lowest BCUT2D eigenvalue weighted by atomic mass is 10.1. The number of nitrogens with one attached hydrogen (secondary N) is 2. The van der Waals surface area contributed by atoms with Crippen LogP contribution in [0.25, 0.3) is 0 Å². The molecule has 0 spiro atoms. The molecule has 0 aromatic heterocycles.